The minimum absolute atomic E-state index is 0.0344. The Labute approximate surface area is 153 Å². The van der Waals surface area contributed by atoms with E-state index in [1.165, 1.54) is 22.9 Å². The fourth-order valence-corrected chi connectivity index (χ4v) is 3.00. The first kappa shape index (κ1) is 17.9. The average Bonchev–Trinajstić information content (AvgIpc) is 3.05. The average molecular weight is 371 g/mol. The fraction of sp³-hybridized carbons (Fsp3) is 0.235. The number of benzene rings is 1. The van der Waals surface area contributed by atoms with Crippen LogP contribution in [0.25, 0.3) is 0 Å². The Morgan fingerprint density at radius 3 is 2.69 bits per heavy atom. The van der Waals surface area contributed by atoms with E-state index in [2.05, 4.69) is 20.2 Å². The second-order valence-electron chi connectivity index (χ2n) is 5.58. The second kappa shape index (κ2) is 7.96. The first-order chi connectivity index (χ1) is 12.5. The van der Waals surface area contributed by atoms with Crippen molar-refractivity contribution in [3.05, 3.63) is 69.8 Å². The Morgan fingerprint density at radius 2 is 2.04 bits per heavy atom. The SMILES string of the molecule is Cc1nnc(CN(C)C(=O)c2cnc(SCc3ccccc3)[nH]c2=O)o1. The molecular formula is C17H17N5O3S. The largest absolute Gasteiger partial charge is 0.424 e. The zero-order chi connectivity index (χ0) is 18.5. The summed E-state index contributed by atoms with van der Waals surface area (Å²) in [5.41, 5.74) is 0.608. The van der Waals surface area contributed by atoms with Crippen LogP contribution in [0, 0.1) is 6.92 Å². The third-order valence-electron chi connectivity index (χ3n) is 3.51. The van der Waals surface area contributed by atoms with Crippen LogP contribution in [0.5, 0.6) is 0 Å². The number of rotatable bonds is 6. The van der Waals surface area contributed by atoms with Crippen LogP contribution in [-0.2, 0) is 12.3 Å². The molecule has 1 amide bonds. The molecular weight excluding hydrogens is 354 g/mol. The molecule has 3 aromatic rings. The molecule has 2 heterocycles. The molecule has 0 aliphatic rings. The van der Waals surface area contributed by atoms with Gasteiger partial charge >= 0.3 is 0 Å². The van der Waals surface area contributed by atoms with Gasteiger partial charge in [0.1, 0.15) is 5.56 Å². The molecule has 0 saturated heterocycles. The number of amides is 1. The monoisotopic (exact) mass is 371 g/mol. The van der Waals surface area contributed by atoms with Crippen LogP contribution in [0.15, 0.2) is 50.9 Å². The molecule has 0 atom stereocenters. The van der Waals surface area contributed by atoms with Crippen LogP contribution in [0.2, 0.25) is 0 Å². The molecule has 8 nitrogen and oxygen atoms in total. The van der Waals surface area contributed by atoms with Crippen LogP contribution in [-0.4, -0.2) is 38.0 Å². The van der Waals surface area contributed by atoms with Crippen molar-refractivity contribution in [3.8, 4) is 0 Å². The standard InChI is InChI=1S/C17H17N5O3S/c1-11-20-21-14(25-11)9-22(2)16(24)13-8-18-17(19-15(13)23)26-10-12-6-4-3-5-7-12/h3-8H,9-10H2,1-2H3,(H,18,19,23). The molecule has 0 aliphatic heterocycles. The highest BCUT2D eigenvalue weighted by Gasteiger charge is 2.18. The van der Waals surface area contributed by atoms with Crippen molar-refractivity contribution in [2.75, 3.05) is 7.05 Å². The third-order valence-corrected chi connectivity index (χ3v) is 4.47. The van der Waals surface area contributed by atoms with Gasteiger partial charge in [-0.15, -0.1) is 10.2 Å². The minimum atomic E-state index is -0.478. The summed E-state index contributed by atoms with van der Waals surface area (Å²) in [6.07, 6.45) is 1.30. The Balaban J connectivity index is 1.66. The number of hydrogen-bond acceptors (Lipinski definition) is 7. The number of thioether (sulfide) groups is 1. The Morgan fingerprint density at radius 1 is 1.27 bits per heavy atom. The van der Waals surface area contributed by atoms with E-state index in [0.29, 0.717) is 22.7 Å². The Kier molecular flexibility index (Phi) is 5.47. The molecule has 0 spiro atoms. The molecule has 9 heteroatoms. The van der Waals surface area contributed by atoms with E-state index in [1.807, 2.05) is 30.3 Å². The number of hydrogen-bond donors (Lipinski definition) is 1. The van der Waals surface area contributed by atoms with Gasteiger partial charge in [-0.05, 0) is 5.56 Å². The van der Waals surface area contributed by atoms with Gasteiger partial charge in [-0.25, -0.2) is 4.98 Å². The summed E-state index contributed by atoms with van der Waals surface area (Å²) in [5.74, 6) is 0.931. The van der Waals surface area contributed by atoms with Crippen LogP contribution in [0.3, 0.4) is 0 Å². The van der Waals surface area contributed by atoms with Gasteiger partial charge < -0.3 is 14.3 Å². The van der Waals surface area contributed by atoms with Crippen molar-refractivity contribution in [2.45, 2.75) is 24.4 Å². The van der Waals surface area contributed by atoms with Gasteiger partial charge in [-0.1, -0.05) is 42.1 Å². The fourth-order valence-electron chi connectivity index (χ4n) is 2.21. The molecule has 0 aliphatic carbocycles. The van der Waals surface area contributed by atoms with Crippen molar-refractivity contribution >= 4 is 17.7 Å². The summed E-state index contributed by atoms with van der Waals surface area (Å²) in [6, 6.07) is 9.85. The smallest absolute Gasteiger partial charge is 0.264 e. The summed E-state index contributed by atoms with van der Waals surface area (Å²) >= 11 is 1.40. The van der Waals surface area contributed by atoms with Crippen molar-refractivity contribution < 1.29 is 9.21 Å². The number of aryl methyl sites for hydroxylation is 1. The Hall–Kier alpha value is -2.94. The number of nitrogens with one attached hydrogen (secondary N) is 1. The number of carbonyl (C=O) groups is 1. The van der Waals surface area contributed by atoms with Gasteiger partial charge in [0.15, 0.2) is 5.16 Å². The molecule has 1 aromatic carbocycles. The molecule has 1 N–H and O–H groups in total. The summed E-state index contributed by atoms with van der Waals surface area (Å²) in [5, 5.41) is 8.01. The van der Waals surface area contributed by atoms with Gasteiger partial charge in [0.2, 0.25) is 11.8 Å². The summed E-state index contributed by atoms with van der Waals surface area (Å²) in [4.78, 5) is 32.8. The van der Waals surface area contributed by atoms with E-state index in [1.54, 1.807) is 14.0 Å². The number of carbonyl (C=O) groups excluding carboxylic acids is 1. The van der Waals surface area contributed by atoms with Gasteiger partial charge in [-0.2, -0.15) is 0 Å². The molecule has 26 heavy (non-hydrogen) atoms. The first-order valence-corrected chi connectivity index (χ1v) is 8.82. The predicted octanol–water partition coefficient (Wildman–Crippen LogP) is 2.03. The zero-order valence-electron chi connectivity index (χ0n) is 14.3. The molecule has 0 unspecified atom stereocenters. The van der Waals surface area contributed by atoms with E-state index in [-0.39, 0.29) is 12.1 Å². The maximum Gasteiger partial charge on any atom is 0.264 e. The number of nitrogens with zero attached hydrogens (tertiary/aromatic N) is 4. The summed E-state index contributed by atoms with van der Waals surface area (Å²) in [7, 11) is 1.55. The van der Waals surface area contributed by atoms with Gasteiger partial charge in [0.25, 0.3) is 11.5 Å². The summed E-state index contributed by atoms with van der Waals surface area (Å²) < 4.78 is 5.24. The maximum absolute atomic E-state index is 12.4. The molecule has 0 fully saturated rings. The maximum atomic E-state index is 12.4. The molecule has 134 valence electrons. The molecule has 2 aromatic heterocycles. The quantitative estimate of drug-likeness (QED) is 0.522. The van der Waals surface area contributed by atoms with Crippen LogP contribution >= 0.6 is 11.8 Å². The van der Waals surface area contributed by atoms with Gasteiger partial charge in [0.05, 0.1) is 6.54 Å². The first-order valence-electron chi connectivity index (χ1n) is 7.83. The lowest BCUT2D eigenvalue weighted by Crippen LogP contribution is -2.31. The van der Waals surface area contributed by atoms with E-state index >= 15 is 0 Å². The number of aromatic amines is 1. The predicted molar refractivity (Wildman–Crippen MR) is 95.7 cm³/mol. The zero-order valence-corrected chi connectivity index (χ0v) is 15.1. The topological polar surface area (TPSA) is 105 Å². The van der Waals surface area contributed by atoms with Crippen molar-refractivity contribution in [2.24, 2.45) is 0 Å². The Bertz CT molecular complexity index is 954. The van der Waals surface area contributed by atoms with Crippen LogP contribution in [0.1, 0.15) is 27.7 Å². The molecule has 0 radical (unpaired) electrons. The minimum Gasteiger partial charge on any atom is -0.424 e. The summed E-state index contributed by atoms with van der Waals surface area (Å²) in [6.45, 7) is 1.78. The lowest BCUT2D eigenvalue weighted by molar-refractivity contribution is 0.0770. The third kappa shape index (κ3) is 4.37. The molecule has 3 rings (SSSR count). The lowest BCUT2D eigenvalue weighted by atomic mass is 10.2. The van der Waals surface area contributed by atoms with E-state index in [0.717, 1.165) is 5.56 Å². The molecule has 0 saturated carbocycles. The van der Waals surface area contributed by atoms with Crippen LogP contribution in [0.4, 0.5) is 0 Å². The highest BCUT2D eigenvalue weighted by Crippen LogP contribution is 2.17. The van der Waals surface area contributed by atoms with Crippen LogP contribution < -0.4 is 5.56 Å². The van der Waals surface area contributed by atoms with Crippen molar-refractivity contribution in [1.29, 1.82) is 0 Å². The number of aromatic nitrogens is 4. The van der Waals surface area contributed by atoms with Crippen molar-refractivity contribution in [3.63, 3.8) is 0 Å². The van der Waals surface area contributed by atoms with E-state index in [4.69, 9.17) is 4.42 Å². The highest BCUT2D eigenvalue weighted by atomic mass is 32.2. The number of H-pyrrole nitrogens is 1. The normalized spacial score (nSPS) is 10.7. The highest BCUT2D eigenvalue weighted by molar-refractivity contribution is 7.98. The molecule has 0 bridgehead atoms. The van der Waals surface area contributed by atoms with Crippen molar-refractivity contribution in [1.82, 2.24) is 25.1 Å². The lowest BCUT2D eigenvalue weighted by Gasteiger charge is -2.14. The second-order valence-corrected chi connectivity index (χ2v) is 6.55. The van der Waals surface area contributed by atoms with E-state index < -0.39 is 11.5 Å². The van der Waals surface area contributed by atoms with Gasteiger partial charge in [0, 0.05) is 25.9 Å². The van der Waals surface area contributed by atoms with E-state index in [9.17, 15) is 9.59 Å². The van der Waals surface area contributed by atoms with Gasteiger partial charge in [-0.3, -0.25) is 9.59 Å².